The van der Waals surface area contributed by atoms with Crippen LogP contribution in [0.25, 0.3) is 0 Å². The third-order valence-corrected chi connectivity index (χ3v) is 6.06. The van der Waals surface area contributed by atoms with Gasteiger partial charge in [-0.25, -0.2) is 0 Å². The van der Waals surface area contributed by atoms with E-state index in [2.05, 4.69) is 23.1 Å². The molecule has 148 valence electrons. The van der Waals surface area contributed by atoms with Crippen molar-refractivity contribution in [2.24, 2.45) is 0 Å². The minimum atomic E-state index is 0.287. The summed E-state index contributed by atoms with van der Waals surface area (Å²) in [5.41, 5.74) is 4.91. The van der Waals surface area contributed by atoms with Crippen molar-refractivity contribution >= 4 is 23.6 Å². The first-order valence-electron chi connectivity index (χ1n) is 10.0. The summed E-state index contributed by atoms with van der Waals surface area (Å²) in [6, 6.07) is 10.5. The topological polar surface area (TPSA) is 38.8 Å². The summed E-state index contributed by atoms with van der Waals surface area (Å²) in [6.45, 7) is 1.72. The van der Waals surface area contributed by atoms with E-state index in [0.717, 1.165) is 56.5 Å². The Morgan fingerprint density at radius 3 is 2.75 bits per heavy atom. The highest BCUT2D eigenvalue weighted by Crippen LogP contribution is 2.41. The van der Waals surface area contributed by atoms with Gasteiger partial charge in [0, 0.05) is 31.6 Å². The smallest absolute Gasteiger partial charge is 0.163 e. The predicted molar refractivity (Wildman–Crippen MR) is 112 cm³/mol. The number of fused-ring (bicyclic) bond motifs is 1. The Morgan fingerprint density at radius 2 is 2.04 bits per heavy atom. The molecule has 2 aromatic rings. The molecule has 0 spiro atoms. The van der Waals surface area contributed by atoms with Crippen LogP contribution in [-0.2, 0) is 24.2 Å². The zero-order chi connectivity index (χ0) is 19.5. The van der Waals surface area contributed by atoms with Crippen LogP contribution in [0.5, 0.6) is 11.5 Å². The Labute approximate surface area is 171 Å². The molecule has 2 aromatic carbocycles. The van der Waals surface area contributed by atoms with Crippen molar-refractivity contribution in [2.45, 2.75) is 51.2 Å². The van der Waals surface area contributed by atoms with Crippen LogP contribution in [0.1, 0.15) is 42.4 Å². The number of hydrogen-bond acceptors (Lipinski definition) is 4. The Morgan fingerprint density at radius 1 is 1.18 bits per heavy atom. The molecule has 4 nitrogen and oxygen atoms in total. The zero-order valence-electron chi connectivity index (χ0n) is 16.2. The van der Waals surface area contributed by atoms with E-state index in [9.17, 15) is 4.79 Å². The van der Waals surface area contributed by atoms with Crippen LogP contribution in [0.2, 0.25) is 5.02 Å². The normalized spacial score (nSPS) is 16.3. The van der Waals surface area contributed by atoms with Gasteiger partial charge in [-0.3, -0.25) is 0 Å². The molecule has 4 rings (SSSR count). The summed E-state index contributed by atoms with van der Waals surface area (Å²) in [7, 11) is 1.65. The lowest BCUT2D eigenvalue weighted by atomic mass is 9.95. The minimum absolute atomic E-state index is 0.287. The fourth-order valence-electron chi connectivity index (χ4n) is 3.88. The third kappa shape index (κ3) is 3.97. The summed E-state index contributed by atoms with van der Waals surface area (Å²) in [5, 5.41) is 0.684. The lowest BCUT2D eigenvalue weighted by Gasteiger charge is -2.33. The van der Waals surface area contributed by atoms with Crippen LogP contribution in [-0.4, -0.2) is 26.0 Å². The van der Waals surface area contributed by atoms with E-state index >= 15 is 0 Å². The van der Waals surface area contributed by atoms with Crippen LogP contribution in [0.3, 0.4) is 0 Å². The molecule has 0 saturated heterocycles. The number of methoxy groups -OCH3 is 1. The number of anilines is 1. The van der Waals surface area contributed by atoms with Crippen molar-refractivity contribution < 1.29 is 14.3 Å². The SMILES string of the molecule is COc1cc(Cl)c(N2CCc3cc(CCC=O)ccc3C2)cc1OC1CCC1. The van der Waals surface area contributed by atoms with E-state index < -0.39 is 0 Å². The highest BCUT2D eigenvalue weighted by molar-refractivity contribution is 6.33. The number of rotatable bonds is 7. The molecule has 1 aliphatic heterocycles. The standard InChI is InChI=1S/C23H26ClNO3/c1-27-22-13-20(24)21(14-23(22)28-19-5-2-6-19)25-10-9-17-12-16(4-3-11-26)7-8-18(17)15-25/h7-8,11-14,19H,2-6,9-10,15H2,1H3. The first kappa shape index (κ1) is 19.1. The van der Waals surface area contributed by atoms with Gasteiger partial charge < -0.3 is 19.2 Å². The first-order chi connectivity index (χ1) is 13.7. The number of carbonyl (C=O) groups excluding carboxylic acids is 1. The molecule has 0 unspecified atom stereocenters. The fourth-order valence-corrected chi connectivity index (χ4v) is 4.15. The molecular weight excluding hydrogens is 374 g/mol. The maximum Gasteiger partial charge on any atom is 0.163 e. The largest absolute Gasteiger partial charge is 0.493 e. The molecule has 1 saturated carbocycles. The van der Waals surface area contributed by atoms with Crippen LogP contribution in [0, 0.1) is 0 Å². The molecule has 0 radical (unpaired) electrons. The number of hydrogen-bond donors (Lipinski definition) is 0. The second kappa shape index (κ2) is 8.44. The van der Waals surface area contributed by atoms with Crippen molar-refractivity contribution in [1.29, 1.82) is 0 Å². The van der Waals surface area contributed by atoms with Crippen molar-refractivity contribution in [3.63, 3.8) is 0 Å². The maximum absolute atomic E-state index is 10.6. The third-order valence-electron chi connectivity index (χ3n) is 5.75. The van der Waals surface area contributed by atoms with E-state index in [1.165, 1.54) is 23.1 Å². The lowest BCUT2D eigenvalue weighted by molar-refractivity contribution is -0.107. The van der Waals surface area contributed by atoms with Gasteiger partial charge in [-0.1, -0.05) is 29.8 Å². The number of halogens is 1. The maximum atomic E-state index is 10.6. The predicted octanol–water partition coefficient (Wildman–Crippen LogP) is 4.97. The number of ether oxygens (including phenoxy) is 2. The molecular formula is C23H26ClNO3. The van der Waals surface area contributed by atoms with E-state index in [1.54, 1.807) is 7.11 Å². The highest BCUT2D eigenvalue weighted by atomic mass is 35.5. The second-order valence-electron chi connectivity index (χ2n) is 7.61. The molecule has 5 heteroatoms. The van der Waals surface area contributed by atoms with E-state index in [4.69, 9.17) is 21.1 Å². The summed E-state index contributed by atoms with van der Waals surface area (Å²) in [6.07, 6.45) is 7.06. The van der Waals surface area contributed by atoms with Crippen molar-refractivity contribution in [2.75, 3.05) is 18.6 Å². The van der Waals surface area contributed by atoms with Gasteiger partial charge in [-0.15, -0.1) is 0 Å². The Bertz CT molecular complexity index is 863. The average Bonchev–Trinajstić information content (AvgIpc) is 2.69. The van der Waals surface area contributed by atoms with Gasteiger partial charge in [0.2, 0.25) is 0 Å². The molecule has 0 atom stereocenters. The average molecular weight is 400 g/mol. The number of carbonyl (C=O) groups is 1. The van der Waals surface area contributed by atoms with Crippen LogP contribution in [0.4, 0.5) is 5.69 Å². The molecule has 1 heterocycles. The van der Waals surface area contributed by atoms with E-state index in [0.29, 0.717) is 17.2 Å². The summed E-state index contributed by atoms with van der Waals surface area (Å²) in [4.78, 5) is 12.9. The van der Waals surface area contributed by atoms with Gasteiger partial charge in [0.05, 0.1) is 23.9 Å². The van der Waals surface area contributed by atoms with E-state index in [1.807, 2.05) is 12.1 Å². The van der Waals surface area contributed by atoms with Crippen molar-refractivity contribution in [1.82, 2.24) is 0 Å². The first-order valence-corrected chi connectivity index (χ1v) is 10.4. The molecule has 1 fully saturated rings. The molecule has 0 aromatic heterocycles. The van der Waals surface area contributed by atoms with Crippen LogP contribution in [0.15, 0.2) is 30.3 Å². The second-order valence-corrected chi connectivity index (χ2v) is 8.01. The number of nitrogens with zero attached hydrogens (tertiary/aromatic N) is 1. The van der Waals surface area contributed by atoms with E-state index in [-0.39, 0.29) is 6.10 Å². The Kier molecular flexibility index (Phi) is 5.77. The van der Waals surface area contributed by atoms with Crippen LogP contribution < -0.4 is 14.4 Å². The van der Waals surface area contributed by atoms with Gasteiger partial charge >= 0.3 is 0 Å². The van der Waals surface area contributed by atoms with Gasteiger partial charge in [0.1, 0.15) is 6.29 Å². The molecule has 0 bridgehead atoms. The molecule has 0 amide bonds. The van der Waals surface area contributed by atoms with Crippen molar-refractivity contribution in [3.05, 3.63) is 52.0 Å². The molecule has 1 aliphatic carbocycles. The van der Waals surface area contributed by atoms with Gasteiger partial charge in [-0.2, -0.15) is 0 Å². The molecule has 28 heavy (non-hydrogen) atoms. The number of aryl methyl sites for hydroxylation is 1. The summed E-state index contributed by atoms with van der Waals surface area (Å²) < 4.78 is 11.6. The number of benzene rings is 2. The zero-order valence-corrected chi connectivity index (χ0v) is 17.0. The highest BCUT2D eigenvalue weighted by Gasteiger charge is 2.24. The monoisotopic (exact) mass is 399 g/mol. The number of aldehydes is 1. The Balaban J connectivity index is 1.56. The molecule has 2 aliphatic rings. The fraction of sp³-hybridized carbons (Fsp3) is 0.435. The minimum Gasteiger partial charge on any atom is -0.493 e. The Hall–Kier alpha value is -2.20. The van der Waals surface area contributed by atoms with Gasteiger partial charge in [0.15, 0.2) is 11.5 Å². The van der Waals surface area contributed by atoms with Crippen molar-refractivity contribution in [3.8, 4) is 11.5 Å². The molecule has 0 N–H and O–H groups in total. The van der Waals surface area contributed by atoms with Gasteiger partial charge in [0.25, 0.3) is 0 Å². The van der Waals surface area contributed by atoms with Crippen LogP contribution >= 0.6 is 11.6 Å². The lowest BCUT2D eigenvalue weighted by Crippen LogP contribution is -2.31. The quantitative estimate of drug-likeness (QED) is 0.616. The summed E-state index contributed by atoms with van der Waals surface area (Å²) in [5.74, 6) is 1.47. The summed E-state index contributed by atoms with van der Waals surface area (Å²) >= 11 is 6.60. The van der Waals surface area contributed by atoms with Gasteiger partial charge in [-0.05, 0) is 48.8 Å².